The predicted molar refractivity (Wildman–Crippen MR) is 85.6 cm³/mol. The molecule has 2 aromatic carbocycles. The summed E-state index contributed by atoms with van der Waals surface area (Å²) in [4.78, 5) is 0. The molecule has 0 radical (unpaired) electrons. The Morgan fingerprint density at radius 2 is 1.95 bits per heavy atom. The van der Waals surface area contributed by atoms with Crippen molar-refractivity contribution in [2.45, 2.75) is 19.4 Å². The maximum atomic E-state index is 14.1. The Hall–Kier alpha value is -0.970. The number of nitrogens with one attached hydrogen (secondary N) is 1. The zero-order chi connectivity index (χ0) is 15.4. The third kappa shape index (κ3) is 4.02. The van der Waals surface area contributed by atoms with Crippen LogP contribution in [0.1, 0.15) is 30.5 Å². The van der Waals surface area contributed by atoms with Crippen LogP contribution in [0.3, 0.4) is 0 Å². The highest BCUT2D eigenvalue weighted by atomic mass is 79.9. The molecular formula is C16H15BrClF2N. The number of hydrogen-bond donors (Lipinski definition) is 1. The molecule has 2 rings (SSSR count). The van der Waals surface area contributed by atoms with Crippen LogP contribution in [0, 0.1) is 11.6 Å². The SMILES string of the molecule is CCCNC(c1ccc(Cl)c(Br)c1)c1ccc(F)cc1F. The molecule has 1 nitrogen and oxygen atoms in total. The fraction of sp³-hybridized carbons (Fsp3) is 0.250. The van der Waals surface area contributed by atoms with Crippen molar-refractivity contribution in [3.05, 3.63) is 68.7 Å². The molecule has 0 aliphatic heterocycles. The number of rotatable bonds is 5. The second kappa shape index (κ2) is 7.34. The molecule has 2 aromatic rings. The van der Waals surface area contributed by atoms with E-state index in [-0.39, 0.29) is 6.04 Å². The van der Waals surface area contributed by atoms with Gasteiger partial charge in [-0.15, -0.1) is 0 Å². The van der Waals surface area contributed by atoms with E-state index in [1.807, 2.05) is 19.1 Å². The van der Waals surface area contributed by atoms with Gasteiger partial charge in [-0.3, -0.25) is 0 Å². The minimum absolute atomic E-state index is 0.348. The van der Waals surface area contributed by atoms with Gasteiger partial charge in [-0.1, -0.05) is 30.7 Å². The van der Waals surface area contributed by atoms with E-state index < -0.39 is 11.6 Å². The largest absolute Gasteiger partial charge is 0.306 e. The van der Waals surface area contributed by atoms with E-state index in [4.69, 9.17) is 11.6 Å². The summed E-state index contributed by atoms with van der Waals surface area (Å²) in [5, 5.41) is 3.87. The molecule has 5 heteroatoms. The minimum atomic E-state index is -0.581. The molecule has 0 aliphatic carbocycles. The highest BCUT2D eigenvalue weighted by Crippen LogP contribution is 2.30. The van der Waals surface area contributed by atoms with Gasteiger partial charge >= 0.3 is 0 Å². The van der Waals surface area contributed by atoms with E-state index in [0.717, 1.165) is 29.1 Å². The second-order valence-electron chi connectivity index (χ2n) is 4.73. The lowest BCUT2D eigenvalue weighted by Gasteiger charge is -2.20. The molecule has 112 valence electrons. The minimum Gasteiger partial charge on any atom is -0.306 e. The van der Waals surface area contributed by atoms with Gasteiger partial charge in [-0.2, -0.15) is 0 Å². The quantitative estimate of drug-likeness (QED) is 0.732. The Labute approximate surface area is 136 Å². The number of halogens is 4. The lowest BCUT2D eigenvalue weighted by molar-refractivity contribution is 0.532. The van der Waals surface area contributed by atoms with Crippen LogP contribution in [0.25, 0.3) is 0 Å². The molecule has 0 fully saturated rings. The van der Waals surface area contributed by atoms with E-state index in [1.165, 1.54) is 12.1 Å². The van der Waals surface area contributed by atoms with E-state index in [0.29, 0.717) is 10.6 Å². The molecule has 0 heterocycles. The smallest absolute Gasteiger partial charge is 0.131 e. The molecule has 0 aliphatic rings. The van der Waals surface area contributed by atoms with Crippen LogP contribution in [0.4, 0.5) is 8.78 Å². The lowest BCUT2D eigenvalue weighted by Crippen LogP contribution is -2.24. The van der Waals surface area contributed by atoms with Gasteiger partial charge in [-0.25, -0.2) is 8.78 Å². The fourth-order valence-electron chi connectivity index (χ4n) is 2.12. The van der Waals surface area contributed by atoms with Crippen molar-refractivity contribution in [3.8, 4) is 0 Å². The Balaban J connectivity index is 2.44. The van der Waals surface area contributed by atoms with Crippen molar-refractivity contribution >= 4 is 27.5 Å². The topological polar surface area (TPSA) is 12.0 Å². The molecular weight excluding hydrogens is 360 g/mol. The van der Waals surface area contributed by atoms with Crippen LogP contribution in [-0.2, 0) is 0 Å². The zero-order valence-electron chi connectivity index (χ0n) is 11.5. The first-order valence-corrected chi connectivity index (χ1v) is 7.83. The maximum absolute atomic E-state index is 14.1. The molecule has 0 bridgehead atoms. The van der Waals surface area contributed by atoms with Gasteiger partial charge in [0, 0.05) is 16.1 Å². The zero-order valence-corrected chi connectivity index (χ0v) is 13.8. The van der Waals surface area contributed by atoms with Crippen molar-refractivity contribution in [2.24, 2.45) is 0 Å². The van der Waals surface area contributed by atoms with Gasteiger partial charge in [0.05, 0.1) is 11.1 Å². The van der Waals surface area contributed by atoms with Gasteiger partial charge in [0.15, 0.2) is 0 Å². The summed E-state index contributed by atoms with van der Waals surface area (Å²) in [5.74, 6) is -1.14. The van der Waals surface area contributed by atoms with Crippen molar-refractivity contribution in [1.82, 2.24) is 5.32 Å². The molecule has 0 spiro atoms. The summed E-state index contributed by atoms with van der Waals surface area (Å²) in [6.45, 7) is 2.75. The number of benzene rings is 2. The highest BCUT2D eigenvalue weighted by Gasteiger charge is 2.18. The van der Waals surface area contributed by atoms with Crippen LogP contribution in [0.2, 0.25) is 5.02 Å². The van der Waals surface area contributed by atoms with Gasteiger partial charge in [0.1, 0.15) is 11.6 Å². The van der Waals surface area contributed by atoms with Crippen LogP contribution in [0.5, 0.6) is 0 Å². The number of hydrogen-bond acceptors (Lipinski definition) is 1. The van der Waals surface area contributed by atoms with Crippen molar-refractivity contribution in [2.75, 3.05) is 6.54 Å². The normalized spacial score (nSPS) is 12.4. The first kappa shape index (κ1) is 16.4. The van der Waals surface area contributed by atoms with Crippen LogP contribution in [-0.4, -0.2) is 6.54 Å². The molecule has 0 amide bonds. The third-order valence-corrected chi connectivity index (χ3v) is 4.36. The summed E-state index contributed by atoms with van der Waals surface area (Å²) >= 11 is 9.37. The molecule has 1 N–H and O–H groups in total. The average Bonchev–Trinajstić information content (AvgIpc) is 2.44. The van der Waals surface area contributed by atoms with Crippen molar-refractivity contribution < 1.29 is 8.78 Å². The monoisotopic (exact) mass is 373 g/mol. The second-order valence-corrected chi connectivity index (χ2v) is 5.99. The summed E-state index contributed by atoms with van der Waals surface area (Å²) in [6.07, 6.45) is 0.911. The predicted octanol–water partition coefficient (Wildman–Crippen LogP) is 5.47. The summed E-state index contributed by atoms with van der Waals surface area (Å²) in [5.41, 5.74) is 1.28. The molecule has 0 aromatic heterocycles. The van der Waals surface area contributed by atoms with E-state index in [9.17, 15) is 8.78 Å². The van der Waals surface area contributed by atoms with Crippen molar-refractivity contribution in [3.63, 3.8) is 0 Å². The van der Waals surface area contributed by atoms with Gasteiger partial charge < -0.3 is 5.32 Å². The lowest BCUT2D eigenvalue weighted by atomic mass is 9.98. The molecule has 1 atom stereocenters. The summed E-state index contributed by atoms with van der Waals surface area (Å²) in [7, 11) is 0. The average molecular weight is 375 g/mol. The standard InChI is InChI=1S/C16H15BrClF2N/c1-2-7-21-16(10-3-6-14(18)13(17)8-10)12-5-4-11(19)9-15(12)20/h3-6,8-9,16,21H,2,7H2,1H3. The van der Waals surface area contributed by atoms with Crippen LogP contribution < -0.4 is 5.32 Å². The molecule has 0 saturated heterocycles. The molecule has 0 saturated carbocycles. The fourth-order valence-corrected chi connectivity index (χ4v) is 2.64. The maximum Gasteiger partial charge on any atom is 0.131 e. The van der Waals surface area contributed by atoms with Crippen LogP contribution >= 0.6 is 27.5 Å². The van der Waals surface area contributed by atoms with Crippen LogP contribution in [0.15, 0.2) is 40.9 Å². The van der Waals surface area contributed by atoms with Gasteiger partial charge in [0.25, 0.3) is 0 Å². The highest BCUT2D eigenvalue weighted by molar-refractivity contribution is 9.10. The first-order chi connectivity index (χ1) is 10.0. The third-order valence-electron chi connectivity index (χ3n) is 3.15. The Kier molecular flexibility index (Phi) is 5.73. The van der Waals surface area contributed by atoms with E-state index in [2.05, 4.69) is 21.2 Å². The summed E-state index contributed by atoms with van der Waals surface area (Å²) in [6, 6.07) is 8.73. The van der Waals surface area contributed by atoms with E-state index in [1.54, 1.807) is 6.07 Å². The molecule has 21 heavy (non-hydrogen) atoms. The first-order valence-electron chi connectivity index (χ1n) is 6.66. The Morgan fingerprint density at radius 3 is 2.57 bits per heavy atom. The molecule has 1 unspecified atom stereocenters. The Bertz CT molecular complexity index is 634. The summed E-state index contributed by atoms with van der Waals surface area (Å²) < 4.78 is 27.9. The van der Waals surface area contributed by atoms with Crippen molar-refractivity contribution in [1.29, 1.82) is 0 Å². The van der Waals surface area contributed by atoms with Gasteiger partial charge in [0.2, 0.25) is 0 Å². The van der Waals surface area contributed by atoms with E-state index >= 15 is 0 Å². The Morgan fingerprint density at radius 1 is 1.19 bits per heavy atom. The van der Waals surface area contributed by atoms with Gasteiger partial charge in [-0.05, 0) is 52.7 Å².